The molecule has 0 atom stereocenters. The highest BCUT2D eigenvalue weighted by Crippen LogP contribution is 2.24. The quantitative estimate of drug-likeness (QED) is 0.162. The van der Waals surface area contributed by atoms with Gasteiger partial charge in [0.2, 0.25) is 0 Å². The Labute approximate surface area is 251 Å². The summed E-state index contributed by atoms with van der Waals surface area (Å²) in [4.78, 5) is 44.6. The summed E-state index contributed by atoms with van der Waals surface area (Å²) in [6.45, 7) is 3.62. The highest BCUT2D eigenvalue weighted by Gasteiger charge is 2.21. The van der Waals surface area contributed by atoms with E-state index in [-0.39, 0.29) is 46.0 Å². The molecule has 0 saturated carbocycles. The van der Waals surface area contributed by atoms with Crippen molar-refractivity contribution in [3.05, 3.63) is 126 Å². The Kier molecular flexibility index (Phi) is 8.45. The zero-order chi connectivity index (χ0) is 31.6. The molecule has 5 rings (SSSR count). The average Bonchev–Trinajstić information content (AvgIpc) is 3.40. The van der Waals surface area contributed by atoms with Crippen LogP contribution in [-0.2, 0) is 29.5 Å². The van der Waals surface area contributed by atoms with Crippen LogP contribution in [0.25, 0.3) is 11.2 Å². The van der Waals surface area contributed by atoms with Gasteiger partial charge in [-0.1, -0.05) is 49.7 Å². The molecule has 0 fully saturated rings. The van der Waals surface area contributed by atoms with Crippen LogP contribution in [0.1, 0.15) is 42.3 Å². The third-order valence-electron chi connectivity index (χ3n) is 7.18. The van der Waals surface area contributed by atoms with E-state index in [4.69, 9.17) is 0 Å². The normalized spacial score (nSPS) is 11.6. The number of benzene rings is 3. The van der Waals surface area contributed by atoms with Gasteiger partial charge >= 0.3 is 5.69 Å². The number of nitro benzene ring substituents is 1. The van der Waals surface area contributed by atoms with E-state index in [2.05, 4.69) is 14.7 Å². The van der Waals surface area contributed by atoms with E-state index < -0.39 is 32.0 Å². The number of hydrogen-bond donors (Lipinski definition) is 2. The lowest BCUT2D eigenvalue weighted by Crippen LogP contribution is -2.40. The van der Waals surface area contributed by atoms with Crippen molar-refractivity contribution in [3.8, 4) is 0 Å². The minimum Gasteiger partial charge on any atom is -0.336 e. The number of rotatable bonds is 11. The number of nitro groups is 1. The van der Waals surface area contributed by atoms with Gasteiger partial charge in [0, 0.05) is 36.3 Å². The molecular formula is C30H29FN6O6S. The van der Waals surface area contributed by atoms with Gasteiger partial charge in [0.05, 0.1) is 16.4 Å². The van der Waals surface area contributed by atoms with E-state index in [0.29, 0.717) is 24.4 Å². The lowest BCUT2D eigenvalue weighted by molar-refractivity contribution is -0.385. The maximum absolute atomic E-state index is 14.4. The molecule has 0 aliphatic carbocycles. The smallest absolute Gasteiger partial charge is 0.333 e. The number of fused-ring (bicyclic) bond motifs is 1. The SMILES string of the molecule is CCCCn1c(=O)n(Cc2ccccc2F)c(=O)c2[nH]c(Cc3ccc(NS(=O)(=O)c4cc([N+](=O)[O-])ccc4C)cc3)nc21. The van der Waals surface area contributed by atoms with Gasteiger partial charge < -0.3 is 4.98 Å². The predicted octanol–water partition coefficient (Wildman–Crippen LogP) is 4.48. The molecule has 0 saturated heterocycles. The number of unbranched alkanes of at least 4 members (excludes halogenated alkanes) is 1. The zero-order valence-electron chi connectivity index (χ0n) is 23.9. The van der Waals surface area contributed by atoms with E-state index in [1.807, 2.05) is 6.92 Å². The fourth-order valence-electron chi connectivity index (χ4n) is 4.84. The first-order valence-corrected chi connectivity index (χ1v) is 15.3. The Morgan fingerprint density at radius 1 is 1.05 bits per heavy atom. The summed E-state index contributed by atoms with van der Waals surface area (Å²) in [6.07, 6.45) is 1.71. The maximum Gasteiger partial charge on any atom is 0.333 e. The lowest BCUT2D eigenvalue weighted by Gasteiger charge is -2.11. The minimum atomic E-state index is -4.11. The molecule has 0 aliphatic rings. The summed E-state index contributed by atoms with van der Waals surface area (Å²) in [5.74, 6) is -0.110. The number of aromatic nitrogens is 4. The van der Waals surface area contributed by atoms with E-state index in [1.165, 1.54) is 34.9 Å². The van der Waals surface area contributed by atoms with Crippen molar-refractivity contribution in [2.45, 2.75) is 51.1 Å². The first kappa shape index (κ1) is 30.4. The molecule has 2 aromatic heterocycles. The Hall–Kier alpha value is -5.11. The van der Waals surface area contributed by atoms with Crippen LogP contribution in [0.5, 0.6) is 0 Å². The molecule has 228 valence electrons. The molecule has 0 unspecified atom stereocenters. The topological polar surface area (TPSA) is 162 Å². The number of sulfonamides is 1. The molecule has 0 radical (unpaired) electrons. The molecule has 5 aromatic rings. The molecule has 2 heterocycles. The second kappa shape index (κ2) is 12.2. The van der Waals surface area contributed by atoms with Crippen LogP contribution in [0, 0.1) is 22.9 Å². The van der Waals surface area contributed by atoms with Gasteiger partial charge in [-0.3, -0.25) is 28.8 Å². The highest BCUT2D eigenvalue weighted by molar-refractivity contribution is 7.92. The van der Waals surface area contributed by atoms with Crippen molar-refractivity contribution in [1.82, 2.24) is 19.1 Å². The summed E-state index contributed by atoms with van der Waals surface area (Å²) in [5, 5.41) is 11.1. The Morgan fingerprint density at radius 2 is 1.77 bits per heavy atom. The summed E-state index contributed by atoms with van der Waals surface area (Å²) in [5.41, 5.74) is 0.360. The van der Waals surface area contributed by atoms with Gasteiger partial charge in [-0.05, 0) is 42.7 Å². The van der Waals surface area contributed by atoms with Crippen LogP contribution in [0.4, 0.5) is 15.8 Å². The Morgan fingerprint density at radius 3 is 2.45 bits per heavy atom. The number of hydrogen-bond acceptors (Lipinski definition) is 7. The Bertz CT molecular complexity index is 2100. The minimum absolute atomic E-state index is 0.128. The highest BCUT2D eigenvalue weighted by atomic mass is 32.2. The van der Waals surface area contributed by atoms with Gasteiger partial charge in [-0.25, -0.2) is 22.6 Å². The standard InChI is InChI=1S/C30H29FN6O6S/c1-3-4-15-35-28-27(29(38)36(30(35)39)18-21-7-5-6-8-24(21)31)32-26(33-28)16-20-10-12-22(13-11-20)34-44(42,43)25-17-23(37(40)41)14-9-19(25)2/h5-14,17,34H,3-4,15-16,18H2,1-2H3,(H,32,33). The summed E-state index contributed by atoms with van der Waals surface area (Å²) in [6, 6.07) is 16.0. The summed E-state index contributed by atoms with van der Waals surface area (Å²) < 4.78 is 45.2. The number of nitrogens with one attached hydrogen (secondary N) is 2. The first-order valence-electron chi connectivity index (χ1n) is 13.8. The van der Waals surface area contributed by atoms with Crippen LogP contribution in [0.15, 0.2) is 81.2 Å². The van der Waals surface area contributed by atoms with Gasteiger partial charge in [0.15, 0.2) is 5.65 Å². The largest absolute Gasteiger partial charge is 0.336 e. The van der Waals surface area contributed by atoms with Crippen LogP contribution >= 0.6 is 0 Å². The fraction of sp³-hybridized carbons (Fsp3) is 0.233. The molecule has 2 N–H and O–H groups in total. The second-order valence-corrected chi connectivity index (χ2v) is 12.0. The molecular weight excluding hydrogens is 591 g/mol. The number of halogens is 1. The molecule has 0 spiro atoms. The van der Waals surface area contributed by atoms with Crippen molar-refractivity contribution in [3.63, 3.8) is 0 Å². The van der Waals surface area contributed by atoms with E-state index in [1.54, 1.807) is 37.3 Å². The van der Waals surface area contributed by atoms with E-state index in [9.17, 15) is 32.5 Å². The van der Waals surface area contributed by atoms with Crippen molar-refractivity contribution in [2.75, 3.05) is 4.72 Å². The molecule has 44 heavy (non-hydrogen) atoms. The van der Waals surface area contributed by atoms with Crippen molar-refractivity contribution in [1.29, 1.82) is 0 Å². The van der Waals surface area contributed by atoms with Crippen molar-refractivity contribution in [2.24, 2.45) is 0 Å². The Balaban J connectivity index is 1.43. The van der Waals surface area contributed by atoms with Gasteiger partial charge in [0.1, 0.15) is 17.2 Å². The molecule has 12 nitrogen and oxygen atoms in total. The van der Waals surface area contributed by atoms with Crippen LogP contribution < -0.4 is 16.0 Å². The van der Waals surface area contributed by atoms with Gasteiger partial charge in [-0.2, -0.15) is 0 Å². The number of imidazole rings is 1. The molecule has 0 amide bonds. The average molecular weight is 621 g/mol. The van der Waals surface area contributed by atoms with E-state index >= 15 is 0 Å². The molecule has 3 aromatic carbocycles. The maximum atomic E-state index is 14.4. The summed E-state index contributed by atoms with van der Waals surface area (Å²) in [7, 11) is -4.11. The van der Waals surface area contributed by atoms with Crippen LogP contribution in [0.2, 0.25) is 0 Å². The van der Waals surface area contributed by atoms with Gasteiger partial charge in [-0.15, -0.1) is 0 Å². The molecule has 0 aliphatic heterocycles. The van der Waals surface area contributed by atoms with Crippen molar-refractivity contribution < 1.29 is 17.7 Å². The molecule has 14 heteroatoms. The van der Waals surface area contributed by atoms with Crippen LogP contribution in [0.3, 0.4) is 0 Å². The zero-order valence-corrected chi connectivity index (χ0v) is 24.7. The fourth-order valence-corrected chi connectivity index (χ4v) is 6.16. The number of aromatic amines is 1. The second-order valence-electron chi connectivity index (χ2n) is 10.3. The predicted molar refractivity (Wildman–Crippen MR) is 163 cm³/mol. The number of non-ortho nitro benzene ring substituents is 1. The lowest BCUT2D eigenvalue weighted by atomic mass is 10.1. The number of H-pyrrole nitrogens is 1. The number of aryl methyl sites for hydroxylation is 2. The third kappa shape index (κ3) is 6.15. The first-order chi connectivity index (χ1) is 21.0. The van der Waals surface area contributed by atoms with Crippen molar-refractivity contribution >= 4 is 32.6 Å². The summed E-state index contributed by atoms with van der Waals surface area (Å²) >= 11 is 0. The monoisotopic (exact) mass is 620 g/mol. The number of anilines is 1. The molecule has 0 bridgehead atoms. The van der Waals surface area contributed by atoms with Gasteiger partial charge in [0.25, 0.3) is 21.3 Å². The van der Waals surface area contributed by atoms with Crippen LogP contribution in [-0.4, -0.2) is 32.4 Å². The third-order valence-corrected chi connectivity index (χ3v) is 8.70. The van der Waals surface area contributed by atoms with E-state index in [0.717, 1.165) is 22.6 Å². The number of nitrogens with zero attached hydrogens (tertiary/aromatic N) is 4.